The van der Waals surface area contributed by atoms with Crippen molar-refractivity contribution in [1.82, 2.24) is 9.03 Å². The second-order valence-electron chi connectivity index (χ2n) is 6.21. The fraction of sp³-hybridized carbons (Fsp3) is 0.588. The van der Waals surface area contributed by atoms with Gasteiger partial charge in [-0.1, -0.05) is 31.0 Å². The lowest BCUT2D eigenvalue weighted by Gasteiger charge is -2.35. The van der Waals surface area contributed by atoms with E-state index in [1.165, 1.54) is 17.0 Å². The number of carbonyl (C=O) groups is 1. The minimum atomic E-state index is -3.72. The number of esters is 1. The van der Waals surface area contributed by atoms with Crippen LogP contribution in [0.15, 0.2) is 24.3 Å². The summed E-state index contributed by atoms with van der Waals surface area (Å²) in [5.41, 5.74) is 2.29. The third-order valence-corrected chi connectivity index (χ3v) is 5.96. The standard InChI is InChI=1S/C17H27N3O4S/c1-4-5-16(17(21)24-3)18-25(22,23)20-12-10-19(11-13-20)15-8-6-14(2)7-9-15/h6-9,16,18H,4-5,10-13H2,1-3H3/t16-/m0/s1. The molecule has 1 aliphatic heterocycles. The van der Waals surface area contributed by atoms with E-state index in [-0.39, 0.29) is 0 Å². The normalized spacial score (nSPS) is 17.3. The summed E-state index contributed by atoms with van der Waals surface area (Å²) >= 11 is 0. The van der Waals surface area contributed by atoms with E-state index in [0.717, 1.165) is 5.69 Å². The molecule has 1 aromatic rings. The van der Waals surface area contributed by atoms with E-state index in [4.69, 9.17) is 4.74 Å². The number of piperazine rings is 1. The molecule has 1 aliphatic rings. The van der Waals surface area contributed by atoms with Crippen LogP contribution in [0.4, 0.5) is 5.69 Å². The highest BCUT2D eigenvalue weighted by atomic mass is 32.2. The first-order valence-electron chi connectivity index (χ1n) is 8.54. The van der Waals surface area contributed by atoms with Crippen molar-refractivity contribution >= 4 is 21.9 Å². The van der Waals surface area contributed by atoms with Gasteiger partial charge in [0.2, 0.25) is 0 Å². The highest BCUT2D eigenvalue weighted by Gasteiger charge is 2.31. The summed E-state index contributed by atoms with van der Waals surface area (Å²) in [5, 5.41) is 0. The van der Waals surface area contributed by atoms with Crippen LogP contribution in [0.3, 0.4) is 0 Å². The summed E-state index contributed by atoms with van der Waals surface area (Å²) in [6, 6.07) is 7.35. The van der Waals surface area contributed by atoms with Gasteiger partial charge in [-0.3, -0.25) is 4.79 Å². The highest BCUT2D eigenvalue weighted by molar-refractivity contribution is 7.87. The van der Waals surface area contributed by atoms with Crippen LogP contribution in [0.2, 0.25) is 0 Å². The van der Waals surface area contributed by atoms with Gasteiger partial charge in [0, 0.05) is 31.9 Å². The summed E-state index contributed by atoms with van der Waals surface area (Å²) in [5.74, 6) is -0.552. The van der Waals surface area contributed by atoms with E-state index in [1.54, 1.807) is 0 Å². The van der Waals surface area contributed by atoms with Crippen LogP contribution in [0.25, 0.3) is 0 Å². The summed E-state index contributed by atoms with van der Waals surface area (Å²) in [7, 11) is -2.45. The van der Waals surface area contributed by atoms with Gasteiger partial charge in [0.05, 0.1) is 7.11 Å². The minimum Gasteiger partial charge on any atom is -0.468 e. The zero-order valence-electron chi connectivity index (χ0n) is 15.1. The van der Waals surface area contributed by atoms with Crippen LogP contribution in [0.1, 0.15) is 25.3 Å². The number of hydrogen-bond donors (Lipinski definition) is 1. The van der Waals surface area contributed by atoms with Gasteiger partial charge in [-0.05, 0) is 25.5 Å². The number of methoxy groups -OCH3 is 1. The van der Waals surface area contributed by atoms with E-state index >= 15 is 0 Å². The molecule has 1 heterocycles. The maximum atomic E-state index is 12.6. The molecule has 0 spiro atoms. The molecule has 1 fully saturated rings. The van der Waals surface area contributed by atoms with Crippen molar-refractivity contribution in [3.8, 4) is 0 Å². The number of nitrogens with one attached hydrogen (secondary N) is 1. The molecule has 25 heavy (non-hydrogen) atoms. The number of benzene rings is 1. The molecular formula is C17H27N3O4S. The first-order chi connectivity index (χ1) is 11.9. The number of ether oxygens (including phenoxy) is 1. The third-order valence-electron chi connectivity index (χ3n) is 4.33. The van der Waals surface area contributed by atoms with Crippen molar-refractivity contribution in [2.75, 3.05) is 38.2 Å². The minimum absolute atomic E-state index is 0.378. The van der Waals surface area contributed by atoms with Gasteiger partial charge in [-0.25, -0.2) is 0 Å². The van der Waals surface area contributed by atoms with Gasteiger partial charge < -0.3 is 9.64 Å². The van der Waals surface area contributed by atoms with Crippen molar-refractivity contribution in [3.05, 3.63) is 29.8 Å². The largest absolute Gasteiger partial charge is 0.468 e. The summed E-state index contributed by atoms with van der Waals surface area (Å²) < 4.78 is 33.7. The first-order valence-corrected chi connectivity index (χ1v) is 9.98. The van der Waals surface area contributed by atoms with Crippen molar-refractivity contribution < 1.29 is 17.9 Å². The van der Waals surface area contributed by atoms with Crippen molar-refractivity contribution in [1.29, 1.82) is 0 Å². The smallest absolute Gasteiger partial charge is 0.323 e. The second kappa shape index (κ2) is 8.64. The second-order valence-corrected chi connectivity index (χ2v) is 7.91. The molecule has 8 heteroatoms. The van der Waals surface area contributed by atoms with Gasteiger partial charge in [0.25, 0.3) is 10.2 Å². The quantitative estimate of drug-likeness (QED) is 0.733. The molecule has 140 valence electrons. The third kappa shape index (κ3) is 5.17. The van der Waals surface area contributed by atoms with Crippen LogP contribution < -0.4 is 9.62 Å². The van der Waals surface area contributed by atoms with Gasteiger partial charge in [0.15, 0.2) is 0 Å². The number of nitrogens with zero attached hydrogens (tertiary/aromatic N) is 2. The lowest BCUT2D eigenvalue weighted by atomic mass is 10.2. The molecule has 7 nitrogen and oxygen atoms in total. The Kier molecular flexibility index (Phi) is 6.80. The highest BCUT2D eigenvalue weighted by Crippen LogP contribution is 2.18. The molecule has 0 bridgehead atoms. The molecule has 0 aliphatic carbocycles. The summed E-state index contributed by atoms with van der Waals surface area (Å²) in [4.78, 5) is 13.9. The van der Waals surface area contributed by atoms with E-state index in [1.807, 2.05) is 38.1 Å². The van der Waals surface area contributed by atoms with E-state index in [0.29, 0.717) is 39.0 Å². The topological polar surface area (TPSA) is 79.0 Å². The predicted molar refractivity (Wildman–Crippen MR) is 97.7 cm³/mol. The molecule has 1 atom stereocenters. The van der Waals surface area contributed by atoms with Crippen LogP contribution >= 0.6 is 0 Å². The number of aryl methyl sites for hydroxylation is 1. The first kappa shape index (κ1) is 19.7. The Labute approximate surface area is 150 Å². The Hall–Kier alpha value is -1.64. The van der Waals surface area contributed by atoms with Gasteiger partial charge in [-0.15, -0.1) is 0 Å². The molecular weight excluding hydrogens is 342 g/mol. The Morgan fingerprint density at radius 1 is 1.20 bits per heavy atom. The summed E-state index contributed by atoms with van der Waals surface area (Å²) in [6.45, 7) is 5.91. The van der Waals surface area contributed by atoms with Gasteiger partial charge in [-0.2, -0.15) is 17.4 Å². The number of anilines is 1. The molecule has 0 amide bonds. The lowest BCUT2D eigenvalue weighted by molar-refractivity contribution is -0.142. The van der Waals surface area contributed by atoms with Crippen molar-refractivity contribution in [2.45, 2.75) is 32.7 Å². The average Bonchev–Trinajstić information content (AvgIpc) is 2.61. The number of rotatable bonds is 7. The molecule has 1 saturated heterocycles. The fourth-order valence-electron chi connectivity index (χ4n) is 2.85. The lowest BCUT2D eigenvalue weighted by Crippen LogP contribution is -2.55. The monoisotopic (exact) mass is 369 g/mol. The maximum Gasteiger partial charge on any atom is 0.323 e. The number of hydrogen-bond acceptors (Lipinski definition) is 5. The van der Waals surface area contributed by atoms with Crippen LogP contribution in [-0.2, 0) is 19.7 Å². The van der Waals surface area contributed by atoms with Crippen molar-refractivity contribution in [2.24, 2.45) is 0 Å². The zero-order chi connectivity index (χ0) is 18.4. The van der Waals surface area contributed by atoms with E-state index < -0.39 is 22.2 Å². The van der Waals surface area contributed by atoms with Gasteiger partial charge in [0.1, 0.15) is 6.04 Å². The average molecular weight is 369 g/mol. The van der Waals surface area contributed by atoms with Crippen LogP contribution in [0.5, 0.6) is 0 Å². The molecule has 0 unspecified atom stereocenters. The fourth-order valence-corrected chi connectivity index (χ4v) is 4.22. The zero-order valence-corrected chi connectivity index (χ0v) is 15.9. The number of carbonyl (C=O) groups excluding carboxylic acids is 1. The Morgan fingerprint density at radius 3 is 2.32 bits per heavy atom. The SMILES string of the molecule is CCC[C@H](NS(=O)(=O)N1CCN(c2ccc(C)cc2)CC1)C(=O)OC. The van der Waals surface area contributed by atoms with Crippen molar-refractivity contribution in [3.63, 3.8) is 0 Å². The predicted octanol–water partition coefficient (Wildman–Crippen LogP) is 1.29. The molecule has 0 radical (unpaired) electrons. The van der Waals surface area contributed by atoms with Gasteiger partial charge >= 0.3 is 5.97 Å². The molecule has 0 saturated carbocycles. The maximum absolute atomic E-state index is 12.6. The van der Waals surface area contributed by atoms with Crippen LogP contribution in [0, 0.1) is 6.92 Å². The molecule has 2 rings (SSSR count). The molecule has 1 aromatic carbocycles. The molecule has 0 aromatic heterocycles. The molecule has 1 N–H and O–H groups in total. The van der Waals surface area contributed by atoms with E-state index in [9.17, 15) is 13.2 Å². The Balaban J connectivity index is 1.98. The summed E-state index contributed by atoms with van der Waals surface area (Å²) in [6.07, 6.45) is 1.10. The Morgan fingerprint density at radius 2 is 1.80 bits per heavy atom. The van der Waals surface area contributed by atoms with Crippen LogP contribution in [-0.4, -0.2) is 58.0 Å². The Bertz CT molecular complexity index is 668. The van der Waals surface area contributed by atoms with E-state index in [2.05, 4.69) is 9.62 Å².